The number of aryl methyl sites for hydroxylation is 1. The minimum Gasteiger partial charge on any atom is -0.478 e. The predicted octanol–water partition coefficient (Wildman–Crippen LogP) is 3.30. The Bertz CT molecular complexity index is 639. The Morgan fingerprint density at radius 2 is 2.00 bits per heavy atom. The zero-order valence-corrected chi connectivity index (χ0v) is 11.2. The zero-order chi connectivity index (χ0) is 14.9. The van der Waals surface area contributed by atoms with Crippen LogP contribution in [-0.4, -0.2) is 20.9 Å². The van der Waals surface area contributed by atoms with E-state index in [1.54, 1.807) is 24.3 Å². The number of rotatable bonds is 4. The third kappa shape index (κ3) is 2.80. The van der Waals surface area contributed by atoms with Crippen molar-refractivity contribution in [2.45, 2.75) is 12.8 Å². The average Bonchev–Trinajstić information content (AvgIpc) is 2.69. The Morgan fingerprint density at radius 1 is 1.40 bits per heavy atom. The molecule has 4 nitrogen and oxygen atoms in total. The second-order valence-corrected chi connectivity index (χ2v) is 4.68. The Labute approximate surface area is 118 Å². The van der Waals surface area contributed by atoms with E-state index in [-0.39, 0.29) is 12.1 Å². The lowest BCUT2D eigenvalue weighted by atomic mass is 10.1. The van der Waals surface area contributed by atoms with Gasteiger partial charge in [0.05, 0.1) is 5.69 Å². The second kappa shape index (κ2) is 5.58. The smallest absolute Gasteiger partial charge is 0.339 e. The van der Waals surface area contributed by atoms with Crippen molar-refractivity contribution in [2.24, 2.45) is 7.05 Å². The van der Waals surface area contributed by atoms with Gasteiger partial charge in [0, 0.05) is 18.5 Å². The van der Waals surface area contributed by atoms with Gasteiger partial charge in [-0.2, -0.15) is 5.10 Å². The fourth-order valence-electron chi connectivity index (χ4n) is 2.00. The molecule has 0 aliphatic heterocycles. The average molecular weight is 301 g/mol. The zero-order valence-electron chi connectivity index (χ0n) is 10.5. The largest absolute Gasteiger partial charge is 0.478 e. The lowest BCUT2D eigenvalue weighted by Gasteiger charge is -2.02. The monoisotopic (exact) mass is 300 g/mol. The molecular formula is C13H11ClF2N2O2. The van der Waals surface area contributed by atoms with E-state index in [9.17, 15) is 13.6 Å². The molecule has 0 fully saturated rings. The predicted molar refractivity (Wildman–Crippen MR) is 69.4 cm³/mol. The summed E-state index contributed by atoms with van der Waals surface area (Å²) in [5, 5.41) is 13.6. The highest BCUT2D eigenvalue weighted by atomic mass is 35.5. The molecule has 0 spiro atoms. The van der Waals surface area contributed by atoms with Crippen LogP contribution in [0.15, 0.2) is 24.3 Å². The van der Waals surface area contributed by atoms with E-state index in [0.29, 0.717) is 5.02 Å². The molecule has 0 atom stereocenters. The van der Waals surface area contributed by atoms with E-state index in [2.05, 4.69) is 5.10 Å². The van der Waals surface area contributed by atoms with Crippen LogP contribution in [0.5, 0.6) is 0 Å². The molecule has 1 aromatic heterocycles. The van der Waals surface area contributed by atoms with Gasteiger partial charge in [-0.3, -0.25) is 4.68 Å². The van der Waals surface area contributed by atoms with Gasteiger partial charge in [0.25, 0.3) is 6.43 Å². The van der Waals surface area contributed by atoms with Gasteiger partial charge in [-0.25, -0.2) is 13.6 Å². The van der Waals surface area contributed by atoms with Crippen molar-refractivity contribution in [1.82, 2.24) is 9.78 Å². The second-order valence-electron chi connectivity index (χ2n) is 4.24. The number of benzene rings is 1. The van der Waals surface area contributed by atoms with Crippen LogP contribution in [0.25, 0.3) is 0 Å². The van der Waals surface area contributed by atoms with Crippen molar-refractivity contribution in [3.63, 3.8) is 0 Å². The highest BCUT2D eigenvalue weighted by molar-refractivity contribution is 6.30. The summed E-state index contributed by atoms with van der Waals surface area (Å²) >= 11 is 5.75. The lowest BCUT2D eigenvalue weighted by molar-refractivity contribution is 0.0681. The SMILES string of the molecule is Cn1nc(Cc2ccc(Cl)cc2)c(C(=O)O)c1C(F)F. The number of hydrogen-bond acceptors (Lipinski definition) is 2. The van der Waals surface area contributed by atoms with Gasteiger partial charge in [-0.05, 0) is 17.7 Å². The Morgan fingerprint density at radius 3 is 2.50 bits per heavy atom. The Balaban J connectivity index is 2.44. The van der Waals surface area contributed by atoms with Crippen molar-refractivity contribution in [1.29, 1.82) is 0 Å². The maximum absolute atomic E-state index is 12.9. The Hall–Kier alpha value is -1.95. The summed E-state index contributed by atoms with van der Waals surface area (Å²) in [6.07, 6.45) is -2.74. The minimum atomic E-state index is -2.89. The molecule has 0 unspecified atom stereocenters. The summed E-state index contributed by atoms with van der Waals surface area (Å²) < 4.78 is 26.7. The van der Waals surface area contributed by atoms with Crippen molar-refractivity contribution in [3.05, 3.63) is 51.8 Å². The first kappa shape index (κ1) is 14.5. The molecular weight excluding hydrogens is 290 g/mol. The maximum Gasteiger partial charge on any atom is 0.339 e. The van der Waals surface area contributed by atoms with E-state index in [1.165, 1.54) is 7.05 Å². The fraction of sp³-hybridized carbons (Fsp3) is 0.231. The van der Waals surface area contributed by atoms with Crippen LogP contribution in [0.3, 0.4) is 0 Å². The van der Waals surface area contributed by atoms with E-state index in [1.807, 2.05) is 0 Å². The molecule has 0 amide bonds. The standard InChI is InChI=1S/C13H11ClF2N2O2/c1-18-11(12(15)16)10(13(19)20)9(17-18)6-7-2-4-8(14)5-3-7/h2-5,12H,6H2,1H3,(H,19,20). The van der Waals surface area contributed by atoms with Gasteiger partial charge in [0.15, 0.2) is 0 Å². The quantitative estimate of drug-likeness (QED) is 0.942. The molecule has 0 aliphatic rings. The Kier molecular flexibility index (Phi) is 4.04. The van der Waals surface area contributed by atoms with Gasteiger partial charge in [0.1, 0.15) is 11.3 Å². The third-order valence-corrected chi connectivity index (χ3v) is 3.12. The van der Waals surface area contributed by atoms with Gasteiger partial charge in [-0.1, -0.05) is 23.7 Å². The van der Waals surface area contributed by atoms with Crippen LogP contribution in [0.1, 0.15) is 33.7 Å². The summed E-state index contributed by atoms with van der Waals surface area (Å²) in [6, 6.07) is 6.69. The van der Waals surface area contributed by atoms with Crippen LogP contribution < -0.4 is 0 Å². The first-order valence-corrected chi connectivity index (χ1v) is 6.09. The van der Waals surface area contributed by atoms with E-state index in [0.717, 1.165) is 10.2 Å². The summed E-state index contributed by atoms with van der Waals surface area (Å²) in [6.45, 7) is 0. The first-order valence-electron chi connectivity index (χ1n) is 5.71. The molecule has 0 radical (unpaired) electrons. The first-order chi connectivity index (χ1) is 9.40. The third-order valence-electron chi connectivity index (χ3n) is 2.87. The molecule has 2 rings (SSSR count). The lowest BCUT2D eigenvalue weighted by Crippen LogP contribution is -2.06. The number of alkyl halides is 2. The van der Waals surface area contributed by atoms with Gasteiger partial charge >= 0.3 is 5.97 Å². The topological polar surface area (TPSA) is 55.1 Å². The minimum absolute atomic E-state index is 0.109. The molecule has 1 N–H and O–H groups in total. The number of halogens is 3. The normalized spacial score (nSPS) is 11.1. The van der Waals surface area contributed by atoms with Gasteiger partial charge in [-0.15, -0.1) is 0 Å². The van der Waals surface area contributed by atoms with Crippen LogP contribution in [0, 0.1) is 0 Å². The van der Waals surface area contributed by atoms with E-state index in [4.69, 9.17) is 16.7 Å². The van der Waals surface area contributed by atoms with Crippen molar-refractivity contribution < 1.29 is 18.7 Å². The number of hydrogen-bond donors (Lipinski definition) is 1. The molecule has 106 valence electrons. The summed E-state index contributed by atoms with van der Waals surface area (Å²) in [5.74, 6) is -1.41. The van der Waals surface area contributed by atoms with Crippen LogP contribution >= 0.6 is 11.6 Å². The molecule has 1 aromatic carbocycles. The molecule has 7 heteroatoms. The van der Waals surface area contributed by atoms with Crippen LogP contribution in [0.2, 0.25) is 5.02 Å². The number of carboxylic acids is 1. The molecule has 0 aliphatic carbocycles. The van der Waals surface area contributed by atoms with E-state index >= 15 is 0 Å². The number of carbonyl (C=O) groups is 1. The van der Waals surface area contributed by atoms with Crippen molar-refractivity contribution in [2.75, 3.05) is 0 Å². The maximum atomic E-state index is 12.9. The summed E-state index contributed by atoms with van der Waals surface area (Å²) in [7, 11) is 1.30. The fourth-order valence-corrected chi connectivity index (χ4v) is 2.12. The molecule has 0 saturated carbocycles. The molecule has 20 heavy (non-hydrogen) atoms. The molecule has 0 saturated heterocycles. The van der Waals surface area contributed by atoms with Crippen molar-refractivity contribution in [3.8, 4) is 0 Å². The van der Waals surface area contributed by atoms with Gasteiger partial charge in [0.2, 0.25) is 0 Å². The molecule has 1 heterocycles. The molecule has 2 aromatic rings. The number of aromatic nitrogens is 2. The number of nitrogens with zero attached hydrogens (tertiary/aromatic N) is 2. The highest BCUT2D eigenvalue weighted by Gasteiger charge is 2.27. The van der Waals surface area contributed by atoms with Gasteiger partial charge < -0.3 is 5.11 Å². The van der Waals surface area contributed by atoms with E-state index < -0.39 is 23.7 Å². The molecule has 0 bridgehead atoms. The number of aromatic carboxylic acids is 1. The number of carboxylic acid groups (broad SMARTS) is 1. The summed E-state index contributed by atoms with van der Waals surface area (Å²) in [4.78, 5) is 11.2. The highest BCUT2D eigenvalue weighted by Crippen LogP contribution is 2.26. The summed E-state index contributed by atoms with van der Waals surface area (Å²) in [5.41, 5.74) is -0.160. The van der Waals surface area contributed by atoms with Crippen molar-refractivity contribution >= 4 is 17.6 Å². The van der Waals surface area contributed by atoms with Crippen LogP contribution in [-0.2, 0) is 13.5 Å². The van der Waals surface area contributed by atoms with Crippen LogP contribution in [0.4, 0.5) is 8.78 Å².